The van der Waals surface area contributed by atoms with Gasteiger partial charge in [-0.3, -0.25) is 4.79 Å². The maximum atomic E-state index is 14.2. The Morgan fingerprint density at radius 2 is 1.79 bits per heavy atom. The fraction of sp³-hybridized carbons (Fsp3) is 0.227. The smallest absolute Gasteiger partial charge is 0.261 e. The van der Waals surface area contributed by atoms with Crippen LogP contribution in [0.25, 0.3) is 0 Å². The Bertz CT molecular complexity index is 916. The minimum atomic E-state index is -0.458. The predicted octanol–water partition coefficient (Wildman–Crippen LogP) is 5.30. The van der Waals surface area contributed by atoms with Crippen molar-refractivity contribution in [1.82, 2.24) is 4.90 Å². The number of rotatable bonds is 7. The predicted molar refractivity (Wildman–Crippen MR) is 106 cm³/mol. The summed E-state index contributed by atoms with van der Waals surface area (Å²) < 4.78 is 25.4. The zero-order valence-corrected chi connectivity index (χ0v) is 16.5. The molecule has 0 aliphatic carbocycles. The van der Waals surface area contributed by atoms with E-state index in [0.29, 0.717) is 11.5 Å². The molecule has 28 heavy (non-hydrogen) atoms. The lowest BCUT2D eigenvalue weighted by atomic mass is 10.1. The van der Waals surface area contributed by atoms with Gasteiger partial charge in [-0.15, -0.1) is 0 Å². The number of furan rings is 1. The van der Waals surface area contributed by atoms with Crippen molar-refractivity contribution in [1.29, 1.82) is 0 Å². The second-order valence-electron chi connectivity index (χ2n) is 6.54. The minimum Gasteiger partial charge on any atom is -0.483 e. The number of aryl methyl sites for hydroxylation is 2. The Hall–Kier alpha value is -2.79. The maximum Gasteiger partial charge on any atom is 0.261 e. The Balaban J connectivity index is 1.79. The van der Waals surface area contributed by atoms with Crippen LogP contribution in [0.1, 0.15) is 22.5 Å². The van der Waals surface area contributed by atoms with Crippen LogP contribution >= 0.6 is 11.6 Å². The van der Waals surface area contributed by atoms with E-state index in [1.165, 1.54) is 23.3 Å². The first-order valence-electron chi connectivity index (χ1n) is 8.87. The zero-order chi connectivity index (χ0) is 20.1. The van der Waals surface area contributed by atoms with Gasteiger partial charge < -0.3 is 14.1 Å². The van der Waals surface area contributed by atoms with Crippen LogP contribution in [-0.4, -0.2) is 17.4 Å². The van der Waals surface area contributed by atoms with Crippen molar-refractivity contribution in [3.8, 4) is 5.75 Å². The molecule has 0 aliphatic heterocycles. The Kier molecular flexibility index (Phi) is 6.37. The van der Waals surface area contributed by atoms with Gasteiger partial charge >= 0.3 is 0 Å². The van der Waals surface area contributed by atoms with Crippen LogP contribution in [0.3, 0.4) is 0 Å². The SMILES string of the molecule is Cc1cccc(C)c1OCC(=O)N(Cc1ccco1)Cc1c(F)cccc1Cl. The topological polar surface area (TPSA) is 42.7 Å². The lowest BCUT2D eigenvalue weighted by Crippen LogP contribution is -2.34. The van der Waals surface area contributed by atoms with E-state index in [9.17, 15) is 9.18 Å². The third-order valence-electron chi connectivity index (χ3n) is 4.44. The summed E-state index contributed by atoms with van der Waals surface area (Å²) in [6.07, 6.45) is 1.53. The highest BCUT2D eigenvalue weighted by molar-refractivity contribution is 6.31. The number of nitrogens with zero attached hydrogens (tertiary/aromatic N) is 1. The fourth-order valence-corrected chi connectivity index (χ4v) is 3.17. The maximum absolute atomic E-state index is 14.2. The second kappa shape index (κ2) is 8.93. The van der Waals surface area contributed by atoms with Gasteiger partial charge in [-0.25, -0.2) is 4.39 Å². The highest BCUT2D eigenvalue weighted by Gasteiger charge is 2.20. The quantitative estimate of drug-likeness (QED) is 0.539. The standard InChI is InChI=1S/C22H21ClFNO3/c1-15-6-3-7-16(2)22(15)28-14-21(26)25(12-17-8-5-11-27-17)13-18-19(23)9-4-10-20(18)24/h3-11H,12-14H2,1-2H3. The zero-order valence-electron chi connectivity index (χ0n) is 15.7. The van der Waals surface area contributed by atoms with Crippen LogP contribution < -0.4 is 4.74 Å². The monoisotopic (exact) mass is 401 g/mol. The molecule has 2 aromatic carbocycles. The molecule has 0 N–H and O–H groups in total. The van der Waals surface area contributed by atoms with Crippen molar-refractivity contribution in [2.45, 2.75) is 26.9 Å². The van der Waals surface area contributed by atoms with Crippen LogP contribution in [0, 0.1) is 19.7 Å². The average molecular weight is 402 g/mol. The lowest BCUT2D eigenvalue weighted by molar-refractivity contribution is -0.135. The summed E-state index contributed by atoms with van der Waals surface area (Å²) in [7, 11) is 0. The molecule has 3 rings (SSSR count). The van der Waals surface area contributed by atoms with Gasteiger partial charge in [0.1, 0.15) is 17.3 Å². The number of ether oxygens (including phenoxy) is 1. The van der Waals surface area contributed by atoms with Crippen LogP contribution in [0.2, 0.25) is 5.02 Å². The molecule has 0 bridgehead atoms. The van der Waals surface area contributed by atoms with Crippen LogP contribution in [0.15, 0.2) is 59.2 Å². The van der Waals surface area contributed by atoms with Gasteiger partial charge in [0.2, 0.25) is 0 Å². The summed E-state index contributed by atoms with van der Waals surface area (Å²) in [5.41, 5.74) is 2.15. The highest BCUT2D eigenvalue weighted by atomic mass is 35.5. The number of hydrogen-bond acceptors (Lipinski definition) is 3. The minimum absolute atomic E-state index is 0.0150. The average Bonchev–Trinajstić information content (AvgIpc) is 3.16. The molecule has 6 heteroatoms. The normalized spacial score (nSPS) is 10.7. The van der Waals surface area contributed by atoms with Gasteiger partial charge in [0.25, 0.3) is 5.91 Å². The summed E-state index contributed by atoms with van der Waals surface area (Å²) >= 11 is 6.14. The van der Waals surface area contributed by atoms with E-state index >= 15 is 0 Å². The number of para-hydroxylation sites is 1. The number of halogens is 2. The molecule has 0 radical (unpaired) electrons. The molecular formula is C22H21ClFNO3. The fourth-order valence-electron chi connectivity index (χ4n) is 2.95. The van der Waals surface area contributed by atoms with E-state index in [1.807, 2.05) is 32.0 Å². The molecule has 0 spiro atoms. The molecule has 0 fully saturated rings. The lowest BCUT2D eigenvalue weighted by Gasteiger charge is -2.23. The van der Waals surface area contributed by atoms with E-state index < -0.39 is 5.82 Å². The molecule has 0 saturated carbocycles. The Morgan fingerprint density at radius 1 is 1.07 bits per heavy atom. The number of amides is 1. The third-order valence-corrected chi connectivity index (χ3v) is 4.79. The van der Waals surface area contributed by atoms with E-state index in [1.54, 1.807) is 18.2 Å². The molecule has 1 heterocycles. The number of hydrogen-bond donors (Lipinski definition) is 0. The number of carbonyl (C=O) groups is 1. The van der Waals surface area contributed by atoms with E-state index in [-0.39, 0.29) is 36.2 Å². The highest BCUT2D eigenvalue weighted by Crippen LogP contribution is 2.24. The van der Waals surface area contributed by atoms with Crippen molar-refractivity contribution in [3.05, 3.63) is 88.1 Å². The van der Waals surface area contributed by atoms with Gasteiger partial charge in [-0.05, 0) is 49.2 Å². The number of carbonyl (C=O) groups excluding carboxylic acids is 1. The van der Waals surface area contributed by atoms with Gasteiger partial charge in [-0.2, -0.15) is 0 Å². The van der Waals surface area contributed by atoms with Gasteiger partial charge in [0.05, 0.1) is 19.4 Å². The third kappa shape index (κ3) is 4.73. The molecular weight excluding hydrogens is 381 g/mol. The molecule has 0 aliphatic rings. The van der Waals surface area contributed by atoms with E-state index in [2.05, 4.69) is 0 Å². The van der Waals surface area contributed by atoms with Crippen molar-refractivity contribution in [2.24, 2.45) is 0 Å². The van der Waals surface area contributed by atoms with Crippen molar-refractivity contribution in [2.75, 3.05) is 6.61 Å². The first-order chi connectivity index (χ1) is 13.5. The summed E-state index contributed by atoms with van der Waals surface area (Å²) in [6.45, 7) is 3.88. The van der Waals surface area contributed by atoms with Crippen LogP contribution in [0.5, 0.6) is 5.75 Å². The molecule has 4 nitrogen and oxygen atoms in total. The Labute approximate surface area is 168 Å². The second-order valence-corrected chi connectivity index (χ2v) is 6.95. The van der Waals surface area contributed by atoms with Crippen LogP contribution in [0.4, 0.5) is 4.39 Å². The first-order valence-corrected chi connectivity index (χ1v) is 9.25. The van der Waals surface area contributed by atoms with Crippen molar-refractivity contribution in [3.63, 3.8) is 0 Å². The number of benzene rings is 2. The summed E-state index contributed by atoms with van der Waals surface area (Å²) in [4.78, 5) is 14.4. The molecule has 1 amide bonds. The molecule has 3 aromatic rings. The van der Waals surface area contributed by atoms with E-state index in [0.717, 1.165) is 11.1 Å². The Morgan fingerprint density at radius 3 is 2.43 bits per heavy atom. The van der Waals surface area contributed by atoms with Crippen LogP contribution in [-0.2, 0) is 17.9 Å². The van der Waals surface area contributed by atoms with Crippen molar-refractivity contribution < 1.29 is 18.3 Å². The molecule has 0 unspecified atom stereocenters. The molecule has 146 valence electrons. The largest absolute Gasteiger partial charge is 0.483 e. The molecule has 1 aromatic heterocycles. The first kappa shape index (κ1) is 20.0. The van der Waals surface area contributed by atoms with Gasteiger partial charge in [-0.1, -0.05) is 35.9 Å². The van der Waals surface area contributed by atoms with Crippen molar-refractivity contribution >= 4 is 17.5 Å². The summed E-state index contributed by atoms with van der Waals surface area (Å²) in [5, 5.41) is 0.271. The van der Waals surface area contributed by atoms with Gasteiger partial charge in [0, 0.05) is 10.6 Å². The van der Waals surface area contributed by atoms with Gasteiger partial charge in [0.15, 0.2) is 6.61 Å². The molecule has 0 saturated heterocycles. The van der Waals surface area contributed by atoms with E-state index in [4.69, 9.17) is 20.8 Å². The summed E-state index contributed by atoms with van der Waals surface area (Å²) in [6, 6.07) is 13.7. The summed E-state index contributed by atoms with van der Waals surface area (Å²) in [5.74, 6) is 0.518. The molecule has 0 atom stereocenters.